The average molecular weight is 559 g/mol. The number of hydrogen-bond donors (Lipinski definition) is 2. The zero-order valence-electron chi connectivity index (χ0n) is 18.7. The topological polar surface area (TPSA) is 93.2 Å². The molecule has 2 N–H and O–H groups in total. The first-order valence-electron chi connectivity index (χ1n) is 10.7. The minimum atomic E-state index is -0.525. The van der Waals surface area contributed by atoms with Crippen LogP contribution in [0, 0.1) is 19.7 Å². The summed E-state index contributed by atoms with van der Waals surface area (Å²) >= 11 is 5.83. The monoisotopic (exact) mass is 559 g/mol. The number of nitrogens with zero attached hydrogens (tertiary/aromatic N) is 1. The van der Waals surface area contributed by atoms with Gasteiger partial charge in [0.2, 0.25) is 0 Å². The normalized spacial score (nSPS) is 13.9. The molecule has 4 aromatic rings. The van der Waals surface area contributed by atoms with Gasteiger partial charge in [0.1, 0.15) is 0 Å². The first-order valence-corrected chi connectivity index (χ1v) is 12.7. The fraction of sp³-hybridized carbons (Fsp3) is 0.160. The number of carbonyl (C=O) groups is 2. The number of halogens is 2. The van der Waals surface area contributed by atoms with Crippen LogP contribution in [0.1, 0.15) is 32.9 Å². The van der Waals surface area contributed by atoms with Gasteiger partial charge >= 0.3 is 182 Å². The Kier molecular flexibility index (Phi) is 6.00. The summed E-state index contributed by atoms with van der Waals surface area (Å²) in [5, 5.41) is 3.72. The molecule has 0 unspecified atom stereocenters. The number of carbonyl (C=O) groups excluding carboxylic acids is 2. The fourth-order valence-electron chi connectivity index (χ4n) is 4.17. The van der Waals surface area contributed by atoms with Gasteiger partial charge in [-0.2, -0.15) is 0 Å². The van der Waals surface area contributed by atoms with Crippen molar-refractivity contribution >= 4 is 65.2 Å². The van der Waals surface area contributed by atoms with Crippen LogP contribution in [0.4, 0.5) is 10.1 Å². The molecule has 1 amide bonds. The third kappa shape index (κ3) is 4.16. The zero-order chi connectivity index (χ0) is 24.9. The quantitative estimate of drug-likeness (QED) is 0.219. The van der Waals surface area contributed by atoms with Gasteiger partial charge in [-0.15, -0.1) is 0 Å². The Morgan fingerprint density at radius 1 is 1.23 bits per heavy atom. The van der Waals surface area contributed by atoms with E-state index in [1.807, 2.05) is 0 Å². The van der Waals surface area contributed by atoms with Crippen LogP contribution in [-0.4, -0.2) is 41.8 Å². The van der Waals surface area contributed by atoms with E-state index in [0.29, 0.717) is 54.0 Å². The van der Waals surface area contributed by atoms with E-state index in [0.717, 1.165) is 0 Å². The van der Waals surface area contributed by atoms with Crippen LogP contribution in [0.5, 0.6) is 0 Å². The van der Waals surface area contributed by atoms with Crippen molar-refractivity contribution in [1.29, 1.82) is 0 Å². The van der Waals surface area contributed by atoms with Gasteiger partial charge in [-0.05, 0) is 6.07 Å². The first kappa shape index (κ1) is 23.4. The maximum atomic E-state index is 13.5. The number of aromatic amines is 1. The Hall–Kier alpha value is -3.39. The fourth-order valence-corrected chi connectivity index (χ4v) is 6.50. The van der Waals surface area contributed by atoms with Gasteiger partial charge in [-0.3, -0.25) is 0 Å². The predicted octanol–water partition coefficient (Wildman–Crippen LogP) is 4.15. The Morgan fingerprint density at radius 3 is 2.83 bits per heavy atom. The third-order valence-electron chi connectivity index (χ3n) is 5.89. The maximum absolute atomic E-state index is 13.5. The van der Waals surface area contributed by atoms with E-state index >= 15 is 0 Å². The number of anilines is 1. The van der Waals surface area contributed by atoms with Crippen molar-refractivity contribution in [2.75, 3.05) is 11.9 Å². The van der Waals surface area contributed by atoms with E-state index in [2.05, 4.69) is 10.3 Å². The number of amides is 1. The second kappa shape index (κ2) is 9.00. The van der Waals surface area contributed by atoms with Crippen molar-refractivity contribution in [3.63, 3.8) is 0 Å². The summed E-state index contributed by atoms with van der Waals surface area (Å²) in [4.78, 5) is 41.0. The van der Waals surface area contributed by atoms with Crippen LogP contribution in [0.15, 0.2) is 41.2 Å². The van der Waals surface area contributed by atoms with Crippen molar-refractivity contribution < 1.29 is 18.7 Å². The molecule has 10 heteroatoms. The first-order chi connectivity index (χ1) is 16.7. The summed E-state index contributed by atoms with van der Waals surface area (Å²) in [6.07, 6.45) is 1.69. The number of H-pyrrole nitrogens is 1. The van der Waals surface area contributed by atoms with Crippen molar-refractivity contribution in [1.82, 2.24) is 8.55 Å². The van der Waals surface area contributed by atoms with Crippen LogP contribution < -0.4 is 10.9 Å². The number of aromatic nitrogens is 2. The van der Waals surface area contributed by atoms with Crippen LogP contribution in [0.2, 0.25) is 5.02 Å². The summed E-state index contributed by atoms with van der Waals surface area (Å²) in [7, 11) is 0. The van der Waals surface area contributed by atoms with Crippen LogP contribution in [-0.2, 0) is 16.1 Å². The van der Waals surface area contributed by atoms with Crippen molar-refractivity contribution in [2.24, 2.45) is 0 Å². The molecule has 0 bridgehead atoms. The summed E-state index contributed by atoms with van der Waals surface area (Å²) < 4.78 is 21.2. The summed E-state index contributed by atoms with van der Waals surface area (Å²) in [6, 6.07) is 9.41. The molecule has 7 nitrogen and oxygen atoms in total. The number of fused-ring (bicyclic) bond motifs is 2. The molecule has 0 fully saturated rings. The van der Waals surface area contributed by atoms with Gasteiger partial charge < -0.3 is 0 Å². The number of para-hydroxylation sites is 1. The average Bonchev–Trinajstić information content (AvgIpc) is 3.40. The van der Waals surface area contributed by atoms with Crippen molar-refractivity contribution in [3.05, 3.63) is 85.7 Å². The number of nitrogens with one attached hydrogen (secondary N) is 2. The summed E-state index contributed by atoms with van der Waals surface area (Å²) in [6.45, 7) is 3.76. The predicted molar refractivity (Wildman–Crippen MR) is 134 cm³/mol. The Bertz CT molecular complexity index is 1610. The molecule has 0 spiro atoms. The Morgan fingerprint density at radius 2 is 2.03 bits per heavy atom. The number of ether oxygens (including phenoxy) is 1. The summed E-state index contributed by atoms with van der Waals surface area (Å²) in [5.74, 6) is -1.18. The molecule has 0 saturated carbocycles. The second-order valence-corrected chi connectivity index (χ2v) is 10.8. The zero-order valence-corrected chi connectivity index (χ0v) is 21.2. The molecule has 0 radical (unpaired) electrons. The molecule has 35 heavy (non-hydrogen) atoms. The van der Waals surface area contributed by atoms with Gasteiger partial charge in [0, 0.05) is 0 Å². The van der Waals surface area contributed by atoms with E-state index in [9.17, 15) is 18.8 Å². The van der Waals surface area contributed by atoms with Crippen LogP contribution in [0.25, 0.3) is 21.3 Å². The van der Waals surface area contributed by atoms with Gasteiger partial charge in [0.25, 0.3) is 0 Å². The molecule has 3 heterocycles. The molecule has 1 aliphatic rings. The standard InChI is InChI=1S/C25H19ClFN3O4Se/c1-12-19(11-17-15-4-3-5-18(26)22(15)29-23(17)31)28-13(2)21(12)25(33)34-9-8-30-24(32)16-7-6-14(27)10-20(16)35-30/h3-7,10-11,28H,8-9H2,1-2H3,(H,29,31)/b17-11-. The molecule has 178 valence electrons. The minimum absolute atomic E-state index is 0.0115. The number of aryl methyl sites for hydroxylation is 1. The van der Waals surface area contributed by atoms with E-state index in [1.54, 1.807) is 41.7 Å². The van der Waals surface area contributed by atoms with E-state index < -0.39 is 5.97 Å². The van der Waals surface area contributed by atoms with Gasteiger partial charge in [-0.25, -0.2) is 0 Å². The van der Waals surface area contributed by atoms with E-state index in [4.69, 9.17) is 16.3 Å². The van der Waals surface area contributed by atoms with Crippen molar-refractivity contribution in [2.45, 2.75) is 20.4 Å². The van der Waals surface area contributed by atoms with Gasteiger partial charge in [-0.1, -0.05) is 17.7 Å². The second-order valence-electron chi connectivity index (χ2n) is 8.11. The molecule has 0 saturated heterocycles. The number of esters is 1. The van der Waals surface area contributed by atoms with Crippen molar-refractivity contribution in [3.8, 4) is 0 Å². The Balaban J connectivity index is 1.34. The number of benzene rings is 2. The molecule has 1 aliphatic heterocycles. The van der Waals surface area contributed by atoms with E-state index in [-0.39, 0.29) is 45.2 Å². The van der Waals surface area contributed by atoms with Gasteiger partial charge in [0.15, 0.2) is 0 Å². The summed E-state index contributed by atoms with van der Waals surface area (Å²) in [5.41, 5.74) is 3.76. The van der Waals surface area contributed by atoms with Crippen LogP contribution in [0.3, 0.4) is 0 Å². The molecular weight excluding hydrogens is 540 g/mol. The molecule has 0 aliphatic carbocycles. The number of rotatable bonds is 5. The molecule has 5 rings (SSSR count). The van der Waals surface area contributed by atoms with Gasteiger partial charge in [0.05, 0.1) is 5.02 Å². The molecule has 0 atom stereocenters. The van der Waals surface area contributed by atoms with E-state index in [1.165, 1.54) is 18.2 Å². The molecule has 2 aromatic heterocycles. The third-order valence-corrected chi connectivity index (χ3v) is 8.52. The SMILES string of the molecule is Cc1[nH]c(/C=C2\C(=O)Nc3c(Cl)cccc32)c(C)c1C(=O)OCCn1[se]c2cc(F)ccc2c1=O. The van der Waals surface area contributed by atoms with Crippen LogP contribution >= 0.6 is 11.6 Å². The Labute approximate surface area is 210 Å². The molecular formula is C25H19ClFN3O4Se. The number of hydrogen-bond acceptors (Lipinski definition) is 4. The molecule has 2 aromatic carbocycles.